The van der Waals surface area contributed by atoms with Gasteiger partial charge in [-0.15, -0.1) is 6.42 Å². The van der Waals surface area contributed by atoms with Crippen molar-refractivity contribution in [2.75, 3.05) is 20.3 Å². The average molecular weight is 456 g/mol. The van der Waals surface area contributed by atoms with E-state index < -0.39 is 0 Å². The van der Waals surface area contributed by atoms with Crippen molar-refractivity contribution in [2.24, 2.45) is 5.92 Å². The first-order valence-corrected chi connectivity index (χ1v) is 11.7. The largest absolute Gasteiger partial charge is 0.493 e. The number of carbonyl (C=O) groups excluding carboxylic acids is 1. The monoisotopic (exact) mass is 455 g/mol. The lowest BCUT2D eigenvalue weighted by molar-refractivity contribution is -0.135. The molecule has 176 valence electrons. The lowest BCUT2D eigenvalue weighted by atomic mass is 9.91. The summed E-state index contributed by atoms with van der Waals surface area (Å²) in [4.78, 5) is 12.2. The van der Waals surface area contributed by atoms with Crippen LogP contribution in [0.15, 0.2) is 95.5 Å². The molecule has 1 N–H and O–H groups in total. The maximum atomic E-state index is 12.2. The van der Waals surface area contributed by atoms with E-state index in [0.717, 1.165) is 48.3 Å². The van der Waals surface area contributed by atoms with E-state index in [2.05, 4.69) is 42.9 Å². The van der Waals surface area contributed by atoms with Crippen LogP contribution >= 0.6 is 0 Å². The summed E-state index contributed by atoms with van der Waals surface area (Å²) in [7, 11) is 1.40. The van der Waals surface area contributed by atoms with Crippen molar-refractivity contribution in [2.45, 2.75) is 32.6 Å². The van der Waals surface area contributed by atoms with Crippen molar-refractivity contribution < 1.29 is 14.3 Å². The minimum absolute atomic E-state index is 0.230. The summed E-state index contributed by atoms with van der Waals surface area (Å²) in [6.45, 7) is 7.50. The fourth-order valence-electron chi connectivity index (χ4n) is 4.07. The van der Waals surface area contributed by atoms with Crippen LogP contribution in [-0.4, -0.2) is 26.2 Å². The van der Waals surface area contributed by atoms with E-state index in [1.54, 1.807) is 0 Å². The Morgan fingerprint density at radius 3 is 2.76 bits per heavy atom. The summed E-state index contributed by atoms with van der Waals surface area (Å²) in [5.41, 5.74) is 5.81. The van der Waals surface area contributed by atoms with Crippen LogP contribution in [0, 0.1) is 18.3 Å². The Morgan fingerprint density at radius 1 is 1.29 bits per heavy atom. The Hall–Kier alpha value is -3.71. The number of ether oxygens (including phenoxy) is 2. The molecule has 0 aromatic heterocycles. The molecule has 4 heteroatoms. The van der Waals surface area contributed by atoms with Crippen molar-refractivity contribution >= 4 is 5.97 Å². The third kappa shape index (κ3) is 6.65. The van der Waals surface area contributed by atoms with Gasteiger partial charge in [-0.05, 0) is 74.1 Å². The summed E-state index contributed by atoms with van der Waals surface area (Å²) >= 11 is 0. The molecule has 4 nitrogen and oxygen atoms in total. The van der Waals surface area contributed by atoms with E-state index >= 15 is 0 Å². The molecule has 1 atom stereocenters. The van der Waals surface area contributed by atoms with Gasteiger partial charge in [0, 0.05) is 23.7 Å². The number of rotatable bonds is 9. The zero-order chi connectivity index (χ0) is 24.3. The lowest BCUT2D eigenvalue weighted by Crippen LogP contribution is -2.28. The van der Waals surface area contributed by atoms with Gasteiger partial charge < -0.3 is 14.8 Å². The third-order valence-electron chi connectivity index (χ3n) is 6.05. The van der Waals surface area contributed by atoms with Crippen LogP contribution in [0.1, 0.15) is 37.3 Å². The molecular formula is C30H33NO3. The fourth-order valence-corrected chi connectivity index (χ4v) is 4.07. The molecule has 0 amide bonds. The first-order chi connectivity index (χ1) is 16.5. The van der Waals surface area contributed by atoms with Crippen LogP contribution in [0.3, 0.4) is 0 Å². The van der Waals surface area contributed by atoms with Crippen molar-refractivity contribution in [3.05, 3.63) is 107 Å². The number of methoxy groups -OCH3 is 1. The molecule has 0 spiro atoms. The van der Waals surface area contributed by atoms with Crippen LogP contribution in [0.2, 0.25) is 0 Å². The van der Waals surface area contributed by atoms with E-state index in [1.807, 2.05) is 42.5 Å². The highest BCUT2D eigenvalue weighted by Gasteiger charge is 2.22. The van der Waals surface area contributed by atoms with E-state index in [9.17, 15) is 4.79 Å². The van der Waals surface area contributed by atoms with E-state index in [4.69, 9.17) is 15.9 Å². The van der Waals surface area contributed by atoms with Crippen LogP contribution in [-0.2, 0) is 20.7 Å². The van der Waals surface area contributed by atoms with Gasteiger partial charge >= 0.3 is 5.97 Å². The first-order valence-electron chi connectivity index (χ1n) is 11.7. The van der Waals surface area contributed by atoms with Crippen LogP contribution in [0.4, 0.5) is 0 Å². The molecular weight excluding hydrogens is 422 g/mol. The smallest absolute Gasteiger partial charge is 0.339 e. The lowest BCUT2D eigenvalue weighted by Gasteiger charge is -2.27. The summed E-state index contributed by atoms with van der Waals surface area (Å²) in [6.07, 6.45) is 20.8. The Kier molecular flexibility index (Phi) is 9.17. The molecule has 34 heavy (non-hydrogen) atoms. The molecule has 2 aliphatic rings. The Morgan fingerprint density at radius 2 is 2.06 bits per heavy atom. The number of aryl methyl sites for hydroxylation is 1. The van der Waals surface area contributed by atoms with Crippen molar-refractivity contribution in [3.8, 4) is 12.3 Å². The Labute approximate surface area is 203 Å². The summed E-state index contributed by atoms with van der Waals surface area (Å²) in [5.74, 6) is 3.42. The Bertz CT molecular complexity index is 1090. The number of esters is 1. The van der Waals surface area contributed by atoms with E-state index in [1.165, 1.54) is 18.2 Å². The average Bonchev–Trinajstić information content (AvgIpc) is 3.11. The van der Waals surface area contributed by atoms with Crippen LogP contribution in [0.25, 0.3) is 0 Å². The maximum absolute atomic E-state index is 12.2. The molecule has 0 unspecified atom stereocenters. The second-order valence-electron chi connectivity index (χ2n) is 8.43. The summed E-state index contributed by atoms with van der Waals surface area (Å²) < 4.78 is 11.0. The molecule has 1 aromatic rings. The number of hydrogen-bond donors (Lipinski definition) is 1. The SMILES string of the molecule is C#Cc1ccc(CC/C(C)=C/C2=C(C=C)[C@H](CNC3=C(C(=O)OC)C=CCC=C3)CCO2)cc1. The second kappa shape index (κ2) is 12.5. The van der Waals surface area contributed by atoms with Gasteiger partial charge in [-0.2, -0.15) is 0 Å². The van der Waals surface area contributed by atoms with Crippen molar-refractivity contribution in [3.63, 3.8) is 0 Å². The van der Waals surface area contributed by atoms with Crippen LogP contribution < -0.4 is 5.32 Å². The normalized spacial score (nSPS) is 18.1. The zero-order valence-electron chi connectivity index (χ0n) is 20.1. The highest BCUT2D eigenvalue weighted by atomic mass is 16.5. The van der Waals surface area contributed by atoms with E-state index in [0.29, 0.717) is 18.7 Å². The quantitative estimate of drug-likeness (QED) is 0.391. The van der Waals surface area contributed by atoms with Gasteiger partial charge in [-0.1, -0.05) is 48.4 Å². The maximum Gasteiger partial charge on any atom is 0.339 e. The van der Waals surface area contributed by atoms with Crippen molar-refractivity contribution in [1.29, 1.82) is 0 Å². The van der Waals surface area contributed by atoms with Gasteiger partial charge in [0.05, 0.1) is 19.3 Å². The number of carbonyl (C=O) groups is 1. The predicted molar refractivity (Wildman–Crippen MR) is 138 cm³/mol. The molecule has 0 saturated heterocycles. The highest BCUT2D eigenvalue weighted by molar-refractivity contribution is 5.93. The van der Waals surface area contributed by atoms with Crippen molar-refractivity contribution in [1.82, 2.24) is 5.32 Å². The van der Waals surface area contributed by atoms with Gasteiger partial charge in [0.1, 0.15) is 5.76 Å². The topological polar surface area (TPSA) is 47.6 Å². The fraction of sp³-hybridized carbons (Fsp3) is 0.300. The number of hydrogen-bond acceptors (Lipinski definition) is 4. The third-order valence-corrected chi connectivity index (χ3v) is 6.05. The Balaban J connectivity index is 1.70. The predicted octanol–water partition coefficient (Wildman–Crippen LogP) is 5.56. The molecule has 0 fully saturated rings. The molecule has 3 rings (SSSR count). The molecule has 1 aliphatic carbocycles. The zero-order valence-corrected chi connectivity index (χ0v) is 20.1. The van der Waals surface area contributed by atoms with Gasteiger partial charge in [0.15, 0.2) is 0 Å². The highest BCUT2D eigenvalue weighted by Crippen LogP contribution is 2.28. The number of allylic oxidation sites excluding steroid dienone is 6. The number of nitrogens with one attached hydrogen (secondary N) is 1. The van der Waals surface area contributed by atoms with E-state index in [-0.39, 0.29) is 11.9 Å². The summed E-state index contributed by atoms with van der Waals surface area (Å²) in [5, 5.41) is 3.46. The number of benzene rings is 1. The standard InChI is InChI=1S/C30H33NO3/c1-5-23-14-16-24(17-15-23)13-12-22(3)20-29-26(6-2)25(18-19-34-29)21-31-28-11-9-7-8-10-27(28)30(32)33-4/h1,6,8-11,14-17,20,25,31H,2,7,12-13,18-19,21H2,3-4H3/b22-20+/t25-/m0/s1. The van der Waals surface area contributed by atoms with Gasteiger partial charge in [0.2, 0.25) is 0 Å². The van der Waals surface area contributed by atoms with Gasteiger partial charge in [-0.25, -0.2) is 4.79 Å². The molecule has 1 aliphatic heterocycles. The minimum Gasteiger partial charge on any atom is -0.493 e. The number of terminal acetylenes is 1. The minimum atomic E-state index is -0.343. The van der Waals surface area contributed by atoms with Gasteiger partial charge in [0.25, 0.3) is 0 Å². The molecule has 0 saturated carbocycles. The molecule has 0 radical (unpaired) electrons. The molecule has 1 aromatic carbocycles. The summed E-state index contributed by atoms with van der Waals surface area (Å²) in [6, 6.07) is 8.14. The first kappa shape index (κ1) is 24.9. The molecule has 1 heterocycles. The second-order valence-corrected chi connectivity index (χ2v) is 8.43. The molecule has 0 bridgehead atoms. The van der Waals surface area contributed by atoms with Gasteiger partial charge in [-0.3, -0.25) is 0 Å². The van der Waals surface area contributed by atoms with Crippen LogP contribution in [0.5, 0.6) is 0 Å².